The predicted octanol–water partition coefficient (Wildman–Crippen LogP) is 1.66. The van der Waals surface area contributed by atoms with E-state index in [2.05, 4.69) is 36.2 Å². The molecular weight excluding hydrogens is 290 g/mol. The molecule has 1 N–H and O–H groups in total. The highest BCUT2D eigenvalue weighted by Crippen LogP contribution is 2.21. The first kappa shape index (κ1) is 17.5. The summed E-state index contributed by atoms with van der Waals surface area (Å²) >= 11 is 0. The Bertz CT molecular complexity index is 522. The Labute approximate surface area is 138 Å². The van der Waals surface area contributed by atoms with Crippen LogP contribution in [-0.2, 0) is 9.59 Å². The van der Waals surface area contributed by atoms with Crippen LogP contribution in [0.1, 0.15) is 32.4 Å². The van der Waals surface area contributed by atoms with Crippen molar-refractivity contribution in [2.24, 2.45) is 5.92 Å². The lowest BCUT2D eigenvalue weighted by Crippen LogP contribution is -2.51. The lowest BCUT2D eigenvalue weighted by molar-refractivity contribution is -0.131. The zero-order chi connectivity index (χ0) is 16.8. The molecule has 23 heavy (non-hydrogen) atoms. The number of nitrogens with one attached hydrogen (secondary N) is 1. The number of benzene rings is 1. The largest absolute Gasteiger partial charge is 0.348 e. The van der Waals surface area contributed by atoms with Crippen molar-refractivity contribution in [2.75, 3.05) is 32.7 Å². The number of piperazine rings is 1. The fourth-order valence-electron chi connectivity index (χ4n) is 2.94. The second-order valence-electron chi connectivity index (χ2n) is 6.48. The van der Waals surface area contributed by atoms with E-state index in [1.165, 1.54) is 0 Å². The minimum absolute atomic E-state index is 0.0298. The second-order valence-corrected chi connectivity index (χ2v) is 6.48. The summed E-state index contributed by atoms with van der Waals surface area (Å²) in [5.74, 6) is 0.484. The Morgan fingerprint density at radius 3 is 2.22 bits per heavy atom. The lowest BCUT2D eigenvalue weighted by atomic mass is 9.96. The van der Waals surface area contributed by atoms with Crippen LogP contribution in [0.25, 0.3) is 0 Å². The fraction of sp³-hybridized carbons (Fsp3) is 0.556. The van der Waals surface area contributed by atoms with Crippen molar-refractivity contribution in [1.82, 2.24) is 15.1 Å². The maximum Gasteiger partial charge on any atom is 0.234 e. The Kier molecular flexibility index (Phi) is 6.16. The zero-order valence-corrected chi connectivity index (χ0v) is 14.3. The smallest absolute Gasteiger partial charge is 0.234 e. The normalized spacial score (nSPS) is 17.1. The fourth-order valence-corrected chi connectivity index (χ4v) is 2.94. The summed E-state index contributed by atoms with van der Waals surface area (Å²) in [6.45, 7) is 9.13. The van der Waals surface area contributed by atoms with E-state index in [1.807, 2.05) is 23.1 Å². The third-order valence-electron chi connectivity index (χ3n) is 4.33. The Hall–Kier alpha value is -1.88. The van der Waals surface area contributed by atoms with Crippen molar-refractivity contribution < 1.29 is 9.59 Å². The molecule has 126 valence electrons. The maximum atomic E-state index is 12.4. The number of hydrogen-bond donors (Lipinski definition) is 1. The molecule has 0 spiro atoms. The van der Waals surface area contributed by atoms with E-state index >= 15 is 0 Å². The first-order chi connectivity index (χ1) is 11.0. The van der Waals surface area contributed by atoms with Crippen molar-refractivity contribution in [3.8, 4) is 0 Å². The molecule has 0 saturated carbocycles. The highest BCUT2D eigenvalue weighted by Gasteiger charge is 2.22. The average molecular weight is 317 g/mol. The van der Waals surface area contributed by atoms with Crippen LogP contribution in [0, 0.1) is 5.92 Å². The lowest BCUT2D eigenvalue weighted by Gasteiger charge is -2.34. The summed E-state index contributed by atoms with van der Waals surface area (Å²) < 4.78 is 0. The van der Waals surface area contributed by atoms with Crippen molar-refractivity contribution in [1.29, 1.82) is 0 Å². The van der Waals surface area contributed by atoms with Gasteiger partial charge in [0, 0.05) is 33.1 Å². The van der Waals surface area contributed by atoms with Crippen LogP contribution >= 0.6 is 0 Å². The van der Waals surface area contributed by atoms with Gasteiger partial charge in [-0.3, -0.25) is 14.5 Å². The van der Waals surface area contributed by atoms with E-state index in [1.54, 1.807) is 6.92 Å². The van der Waals surface area contributed by atoms with Gasteiger partial charge in [0.15, 0.2) is 0 Å². The summed E-state index contributed by atoms with van der Waals surface area (Å²) in [5, 5.41) is 3.15. The molecular formula is C18H27N3O2. The molecule has 0 aliphatic carbocycles. The zero-order valence-electron chi connectivity index (χ0n) is 14.3. The first-order valence-corrected chi connectivity index (χ1v) is 8.29. The number of amides is 2. The number of carbonyl (C=O) groups is 2. The monoisotopic (exact) mass is 317 g/mol. The quantitative estimate of drug-likeness (QED) is 0.899. The molecule has 1 aromatic rings. The van der Waals surface area contributed by atoms with E-state index in [-0.39, 0.29) is 17.9 Å². The third kappa shape index (κ3) is 5.06. The summed E-state index contributed by atoms with van der Waals surface area (Å²) in [5.41, 5.74) is 1.14. The molecule has 1 aliphatic rings. The SMILES string of the molecule is CC(=O)N1CCN(CC(=O)N[C@H](c2ccccc2)C(C)C)CC1. The van der Waals surface area contributed by atoms with Gasteiger partial charge < -0.3 is 10.2 Å². The van der Waals surface area contributed by atoms with E-state index in [0.717, 1.165) is 18.7 Å². The Morgan fingerprint density at radius 2 is 1.70 bits per heavy atom. The van der Waals surface area contributed by atoms with Crippen LogP contribution in [0.4, 0.5) is 0 Å². The van der Waals surface area contributed by atoms with Gasteiger partial charge in [0.05, 0.1) is 12.6 Å². The van der Waals surface area contributed by atoms with Gasteiger partial charge in [0.2, 0.25) is 11.8 Å². The highest BCUT2D eigenvalue weighted by atomic mass is 16.2. The van der Waals surface area contributed by atoms with Gasteiger partial charge in [-0.15, -0.1) is 0 Å². The molecule has 0 aromatic heterocycles. The molecule has 1 atom stereocenters. The number of rotatable bonds is 5. The molecule has 1 aromatic carbocycles. The van der Waals surface area contributed by atoms with Crippen LogP contribution in [0.2, 0.25) is 0 Å². The average Bonchev–Trinajstić information content (AvgIpc) is 2.53. The standard InChI is InChI=1S/C18H27N3O2/c1-14(2)18(16-7-5-4-6-8-16)19-17(23)13-20-9-11-21(12-10-20)15(3)22/h4-8,14,18H,9-13H2,1-3H3,(H,19,23)/t18-/m0/s1. The van der Waals surface area contributed by atoms with Crippen LogP contribution < -0.4 is 5.32 Å². The third-order valence-corrected chi connectivity index (χ3v) is 4.33. The molecule has 0 radical (unpaired) electrons. The molecule has 1 fully saturated rings. The van der Waals surface area contributed by atoms with Gasteiger partial charge in [-0.05, 0) is 11.5 Å². The second kappa shape index (κ2) is 8.11. The molecule has 1 heterocycles. The Balaban J connectivity index is 1.87. The molecule has 0 bridgehead atoms. The molecule has 1 saturated heterocycles. The summed E-state index contributed by atoms with van der Waals surface area (Å²) in [4.78, 5) is 27.7. The Morgan fingerprint density at radius 1 is 1.09 bits per heavy atom. The summed E-state index contributed by atoms with van der Waals surface area (Å²) in [6.07, 6.45) is 0. The minimum atomic E-state index is 0.0298. The van der Waals surface area contributed by atoms with Crippen molar-refractivity contribution in [3.63, 3.8) is 0 Å². The van der Waals surface area contributed by atoms with Gasteiger partial charge in [0.1, 0.15) is 0 Å². The summed E-state index contributed by atoms with van der Waals surface area (Å²) in [6, 6.07) is 10.1. The maximum absolute atomic E-state index is 12.4. The number of nitrogens with zero attached hydrogens (tertiary/aromatic N) is 2. The topological polar surface area (TPSA) is 52.7 Å². The first-order valence-electron chi connectivity index (χ1n) is 8.29. The molecule has 0 unspecified atom stereocenters. The van der Waals surface area contributed by atoms with Gasteiger partial charge in [-0.25, -0.2) is 0 Å². The molecule has 2 amide bonds. The van der Waals surface area contributed by atoms with E-state index in [4.69, 9.17) is 0 Å². The van der Waals surface area contributed by atoms with E-state index in [0.29, 0.717) is 25.6 Å². The van der Waals surface area contributed by atoms with Crippen molar-refractivity contribution >= 4 is 11.8 Å². The molecule has 1 aliphatic heterocycles. The predicted molar refractivity (Wildman–Crippen MR) is 90.9 cm³/mol. The van der Waals surface area contributed by atoms with Crippen LogP contribution in [-0.4, -0.2) is 54.3 Å². The van der Waals surface area contributed by atoms with E-state index < -0.39 is 0 Å². The molecule has 5 heteroatoms. The van der Waals surface area contributed by atoms with Gasteiger partial charge in [-0.1, -0.05) is 44.2 Å². The summed E-state index contributed by atoms with van der Waals surface area (Å²) in [7, 11) is 0. The van der Waals surface area contributed by atoms with Crippen molar-refractivity contribution in [3.05, 3.63) is 35.9 Å². The van der Waals surface area contributed by atoms with Crippen molar-refractivity contribution in [2.45, 2.75) is 26.8 Å². The van der Waals surface area contributed by atoms with Gasteiger partial charge in [-0.2, -0.15) is 0 Å². The van der Waals surface area contributed by atoms with Crippen LogP contribution in [0.5, 0.6) is 0 Å². The van der Waals surface area contributed by atoms with E-state index in [9.17, 15) is 9.59 Å². The minimum Gasteiger partial charge on any atom is -0.348 e. The number of carbonyl (C=O) groups excluding carboxylic acids is 2. The van der Waals surface area contributed by atoms with Gasteiger partial charge >= 0.3 is 0 Å². The van der Waals surface area contributed by atoms with Crippen LogP contribution in [0.3, 0.4) is 0 Å². The van der Waals surface area contributed by atoms with Crippen LogP contribution in [0.15, 0.2) is 30.3 Å². The molecule has 5 nitrogen and oxygen atoms in total. The highest BCUT2D eigenvalue weighted by molar-refractivity contribution is 5.78. The van der Waals surface area contributed by atoms with Gasteiger partial charge in [0.25, 0.3) is 0 Å². The molecule has 2 rings (SSSR count). The number of hydrogen-bond acceptors (Lipinski definition) is 3.